The zero-order valence-electron chi connectivity index (χ0n) is 15.0. The Kier molecular flexibility index (Phi) is 6.65. The van der Waals surface area contributed by atoms with Crippen LogP contribution < -0.4 is 5.32 Å². The quantitative estimate of drug-likeness (QED) is 0.622. The molecular formula is C20H23NO3S. The molecular weight excluding hydrogens is 334 g/mol. The molecule has 0 aliphatic rings. The van der Waals surface area contributed by atoms with Gasteiger partial charge in [-0.15, -0.1) is 11.8 Å². The van der Waals surface area contributed by atoms with E-state index in [9.17, 15) is 9.59 Å². The highest BCUT2D eigenvalue weighted by Gasteiger charge is 2.10. The van der Waals surface area contributed by atoms with Crippen LogP contribution in [0.4, 0.5) is 5.69 Å². The first-order valence-electron chi connectivity index (χ1n) is 8.08. The van der Waals surface area contributed by atoms with Gasteiger partial charge in [0.25, 0.3) is 5.91 Å². The van der Waals surface area contributed by atoms with E-state index in [1.54, 1.807) is 0 Å². The Morgan fingerprint density at radius 3 is 2.40 bits per heavy atom. The molecule has 25 heavy (non-hydrogen) atoms. The van der Waals surface area contributed by atoms with Crippen molar-refractivity contribution >= 4 is 29.3 Å². The second-order valence-electron chi connectivity index (χ2n) is 6.07. The van der Waals surface area contributed by atoms with Gasteiger partial charge in [0.1, 0.15) is 0 Å². The number of carbonyl (C=O) groups excluding carboxylic acids is 2. The van der Waals surface area contributed by atoms with Crippen LogP contribution in [0.1, 0.15) is 22.3 Å². The molecule has 0 aliphatic carbocycles. The second-order valence-corrected chi connectivity index (χ2v) is 7.08. The van der Waals surface area contributed by atoms with Crippen LogP contribution in [0.15, 0.2) is 41.3 Å². The number of amides is 1. The maximum absolute atomic E-state index is 11.9. The molecule has 2 aromatic carbocycles. The molecule has 1 amide bonds. The van der Waals surface area contributed by atoms with Crippen molar-refractivity contribution in [1.82, 2.24) is 0 Å². The molecule has 0 unspecified atom stereocenters. The van der Waals surface area contributed by atoms with Gasteiger partial charge in [0, 0.05) is 10.6 Å². The molecule has 0 fully saturated rings. The highest BCUT2D eigenvalue weighted by Crippen LogP contribution is 2.23. The molecule has 1 N–H and O–H groups in total. The van der Waals surface area contributed by atoms with Gasteiger partial charge in [-0.1, -0.05) is 23.8 Å². The number of ether oxygens (including phenoxy) is 1. The number of rotatable bonds is 6. The summed E-state index contributed by atoms with van der Waals surface area (Å²) >= 11 is 1.42. The predicted octanol–water partition coefficient (Wildman–Crippen LogP) is 4.19. The minimum absolute atomic E-state index is 0.181. The van der Waals surface area contributed by atoms with E-state index in [1.165, 1.54) is 17.3 Å². The third-order valence-electron chi connectivity index (χ3n) is 3.83. The number of benzene rings is 2. The van der Waals surface area contributed by atoms with Crippen molar-refractivity contribution in [2.75, 3.05) is 17.7 Å². The number of anilines is 1. The van der Waals surface area contributed by atoms with Crippen molar-refractivity contribution in [3.8, 4) is 0 Å². The van der Waals surface area contributed by atoms with Crippen LogP contribution in [-0.2, 0) is 14.3 Å². The molecule has 0 atom stereocenters. The van der Waals surface area contributed by atoms with Crippen molar-refractivity contribution in [3.63, 3.8) is 0 Å². The van der Waals surface area contributed by atoms with E-state index in [4.69, 9.17) is 4.74 Å². The lowest BCUT2D eigenvalue weighted by Gasteiger charge is -2.09. The summed E-state index contributed by atoms with van der Waals surface area (Å²) in [7, 11) is 0. The third kappa shape index (κ3) is 5.94. The van der Waals surface area contributed by atoms with Crippen LogP contribution in [0, 0.1) is 27.7 Å². The first kappa shape index (κ1) is 19.1. The summed E-state index contributed by atoms with van der Waals surface area (Å²) in [5.41, 5.74) is 5.28. The van der Waals surface area contributed by atoms with Gasteiger partial charge in [-0.05, 0) is 62.6 Å². The van der Waals surface area contributed by atoms with Crippen LogP contribution in [0.2, 0.25) is 0 Å². The predicted molar refractivity (Wildman–Crippen MR) is 102 cm³/mol. The van der Waals surface area contributed by atoms with Crippen molar-refractivity contribution in [2.24, 2.45) is 0 Å². The SMILES string of the molecule is Cc1ccc(SCC(=O)OCC(=O)Nc2ccc(C)c(C)c2)c(C)c1. The van der Waals surface area contributed by atoms with Gasteiger partial charge in [-0.2, -0.15) is 0 Å². The fourth-order valence-electron chi connectivity index (χ4n) is 2.30. The van der Waals surface area contributed by atoms with Crippen molar-refractivity contribution < 1.29 is 14.3 Å². The van der Waals surface area contributed by atoms with E-state index >= 15 is 0 Å². The smallest absolute Gasteiger partial charge is 0.316 e. The minimum Gasteiger partial charge on any atom is -0.455 e. The third-order valence-corrected chi connectivity index (χ3v) is 4.98. The Balaban J connectivity index is 1.77. The monoisotopic (exact) mass is 357 g/mol. The molecule has 4 nitrogen and oxygen atoms in total. The van der Waals surface area contributed by atoms with E-state index in [-0.39, 0.29) is 18.3 Å². The number of carbonyl (C=O) groups is 2. The molecule has 0 saturated heterocycles. The largest absolute Gasteiger partial charge is 0.455 e. The number of hydrogen-bond donors (Lipinski definition) is 1. The van der Waals surface area contributed by atoms with Gasteiger partial charge in [0.2, 0.25) is 0 Å². The lowest BCUT2D eigenvalue weighted by molar-refractivity contribution is -0.144. The number of hydrogen-bond acceptors (Lipinski definition) is 4. The van der Waals surface area contributed by atoms with Gasteiger partial charge in [0.15, 0.2) is 6.61 Å². The van der Waals surface area contributed by atoms with Crippen LogP contribution in [0.3, 0.4) is 0 Å². The summed E-state index contributed by atoms with van der Waals surface area (Å²) in [5.74, 6) is -0.561. The van der Waals surface area contributed by atoms with E-state index in [1.807, 2.05) is 58.0 Å². The standard InChI is InChI=1S/C20H23NO3S/c1-13-5-8-18(16(4)9-13)25-12-20(23)24-11-19(22)21-17-7-6-14(2)15(3)10-17/h5-10H,11-12H2,1-4H3,(H,21,22). The molecule has 2 rings (SSSR count). The van der Waals surface area contributed by atoms with Gasteiger partial charge in [-0.3, -0.25) is 9.59 Å². The molecule has 0 spiro atoms. The fourth-order valence-corrected chi connectivity index (χ4v) is 3.11. The van der Waals surface area contributed by atoms with E-state index in [0.717, 1.165) is 21.6 Å². The molecule has 0 radical (unpaired) electrons. The van der Waals surface area contributed by atoms with Gasteiger partial charge in [0.05, 0.1) is 5.75 Å². The van der Waals surface area contributed by atoms with Crippen molar-refractivity contribution in [2.45, 2.75) is 32.6 Å². The van der Waals surface area contributed by atoms with Crippen LogP contribution in [0.25, 0.3) is 0 Å². The highest BCUT2D eigenvalue weighted by molar-refractivity contribution is 8.00. The van der Waals surface area contributed by atoms with E-state index < -0.39 is 5.97 Å². The molecule has 132 valence electrons. The topological polar surface area (TPSA) is 55.4 Å². The van der Waals surface area contributed by atoms with Gasteiger partial charge < -0.3 is 10.1 Å². The normalized spacial score (nSPS) is 10.4. The summed E-state index contributed by atoms with van der Waals surface area (Å²) < 4.78 is 5.04. The number of nitrogens with one attached hydrogen (secondary N) is 1. The van der Waals surface area contributed by atoms with Crippen molar-refractivity contribution in [1.29, 1.82) is 0 Å². The number of thioether (sulfide) groups is 1. The Bertz CT molecular complexity index is 787. The Morgan fingerprint density at radius 1 is 0.960 bits per heavy atom. The van der Waals surface area contributed by atoms with Gasteiger partial charge in [-0.25, -0.2) is 0 Å². The Hall–Kier alpha value is -2.27. The highest BCUT2D eigenvalue weighted by atomic mass is 32.2. The number of esters is 1. The summed E-state index contributed by atoms with van der Waals surface area (Å²) in [6.07, 6.45) is 0. The average Bonchev–Trinajstić information content (AvgIpc) is 2.55. The summed E-state index contributed by atoms with van der Waals surface area (Å²) in [6.45, 7) is 7.76. The van der Waals surface area contributed by atoms with Crippen LogP contribution >= 0.6 is 11.8 Å². The zero-order valence-corrected chi connectivity index (χ0v) is 15.8. The molecule has 0 bridgehead atoms. The number of aryl methyl sites for hydroxylation is 4. The lowest BCUT2D eigenvalue weighted by Crippen LogP contribution is -2.21. The molecule has 0 aromatic heterocycles. The minimum atomic E-state index is -0.403. The van der Waals surface area contributed by atoms with E-state index in [2.05, 4.69) is 11.4 Å². The summed E-state index contributed by atoms with van der Waals surface area (Å²) in [4.78, 5) is 24.8. The zero-order chi connectivity index (χ0) is 18.4. The molecule has 0 heterocycles. The van der Waals surface area contributed by atoms with Crippen LogP contribution in [0.5, 0.6) is 0 Å². The summed E-state index contributed by atoms with van der Waals surface area (Å²) in [5, 5.41) is 2.73. The molecule has 2 aromatic rings. The van der Waals surface area contributed by atoms with Crippen LogP contribution in [-0.4, -0.2) is 24.2 Å². The molecule has 0 aliphatic heterocycles. The first-order chi connectivity index (χ1) is 11.8. The lowest BCUT2D eigenvalue weighted by atomic mass is 10.1. The summed E-state index contributed by atoms with van der Waals surface area (Å²) in [6, 6.07) is 11.7. The Morgan fingerprint density at radius 2 is 1.72 bits per heavy atom. The molecule has 0 saturated carbocycles. The van der Waals surface area contributed by atoms with E-state index in [0.29, 0.717) is 5.69 Å². The van der Waals surface area contributed by atoms with Crippen molar-refractivity contribution in [3.05, 3.63) is 58.7 Å². The molecule has 5 heteroatoms. The van der Waals surface area contributed by atoms with Gasteiger partial charge >= 0.3 is 5.97 Å². The Labute approximate surface area is 153 Å². The second kappa shape index (κ2) is 8.72. The average molecular weight is 357 g/mol. The first-order valence-corrected chi connectivity index (χ1v) is 9.06. The fraction of sp³-hybridized carbons (Fsp3) is 0.300. The maximum Gasteiger partial charge on any atom is 0.316 e. The maximum atomic E-state index is 11.9.